The van der Waals surface area contributed by atoms with Crippen LogP contribution in [0.15, 0.2) is 54.9 Å². The predicted octanol–water partition coefficient (Wildman–Crippen LogP) is 2.18. The summed E-state index contributed by atoms with van der Waals surface area (Å²) in [4.78, 5) is 15.4. The molecule has 1 aromatic heterocycles. The van der Waals surface area contributed by atoms with Gasteiger partial charge in [0, 0.05) is 6.20 Å². The summed E-state index contributed by atoms with van der Waals surface area (Å²) in [5, 5.41) is 20.9. The van der Waals surface area contributed by atoms with Crippen molar-refractivity contribution in [3.63, 3.8) is 0 Å². The van der Waals surface area contributed by atoms with Crippen LogP contribution in [0.1, 0.15) is 5.56 Å². The number of aliphatic hydroxyl groups is 1. The number of anilines is 1. The summed E-state index contributed by atoms with van der Waals surface area (Å²) < 4.78 is 1.35. The van der Waals surface area contributed by atoms with Crippen LogP contribution in [0.5, 0.6) is 0 Å². The Labute approximate surface area is 119 Å². The molecule has 0 unspecified atom stereocenters. The molecule has 0 atom stereocenters. The number of hydrogen-bond acceptors (Lipinski definition) is 6. The van der Waals surface area contributed by atoms with Gasteiger partial charge in [-0.1, -0.05) is 30.3 Å². The standard InChI is InChI=1S/C13H11N5O3/c19-11-8-15-17-9-14-12(18(20)21)13(17)16(11)7-6-10-4-2-1-3-5-10/h1-9,15,19H/b7-6+. The van der Waals surface area contributed by atoms with Gasteiger partial charge in [0.1, 0.15) is 0 Å². The van der Waals surface area contributed by atoms with E-state index in [1.165, 1.54) is 22.1 Å². The topological polar surface area (TPSA) is 96.5 Å². The second-order valence-corrected chi connectivity index (χ2v) is 4.25. The summed E-state index contributed by atoms with van der Waals surface area (Å²) in [5.41, 5.74) is 3.58. The van der Waals surface area contributed by atoms with E-state index in [0.717, 1.165) is 5.56 Å². The summed E-state index contributed by atoms with van der Waals surface area (Å²) in [7, 11) is 0. The Balaban J connectivity index is 2.00. The third kappa shape index (κ3) is 2.29. The van der Waals surface area contributed by atoms with Gasteiger partial charge in [-0.05, 0) is 21.5 Å². The highest BCUT2D eigenvalue weighted by Gasteiger charge is 2.30. The lowest BCUT2D eigenvalue weighted by Gasteiger charge is -2.23. The van der Waals surface area contributed by atoms with Crippen molar-refractivity contribution in [1.82, 2.24) is 9.66 Å². The van der Waals surface area contributed by atoms with Gasteiger partial charge in [0.25, 0.3) is 0 Å². The molecule has 2 N–H and O–H groups in total. The van der Waals surface area contributed by atoms with Gasteiger partial charge in [0.05, 0.1) is 6.20 Å². The van der Waals surface area contributed by atoms with Gasteiger partial charge < -0.3 is 15.2 Å². The minimum absolute atomic E-state index is 0.132. The van der Waals surface area contributed by atoms with E-state index in [0.29, 0.717) is 0 Å². The average molecular weight is 285 g/mol. The molecule has 0 saturated heterocycles. The molecule has 8 heteroatoms. The van der Waals surface area contributed by atoms with Crippen molar-refractivity contribution in [3.05, 3.63) is 70.6 Å². The summed E-state index contributed by atoms with van der Waals surface area (Å²) in [5.74, 6) is -0.384. The van der Waals surface area contributed by atoms with E-state index < -0.39 is 4.92 Å². The van der Waals surface area contributed by atoms with Gasteiger partial charge in [-0.2, -0.15) is 4.68 Å². The van der Waals surface area contributed by atoms with Gasteiger partial charge in [0.15, 0.2) is 0 Å². The van der Waals surface area contributed by atoms with Crippen LogP contribution in [-0.4, -0.2) is 19.7 Å². The van der Waals surface area contributed by atoms with Crippen LogP contribution in [0.2, 0.25) is 0 Å². The zero-order valence-corrected chi connectivity index (χ0v) is 10.7. The third-order valence-electron chi connectivity index (χ3n) is 2.92. The van der Waals surface area contributed by atoms with Crippen LogP contribution in [0.4, 0.5) is 11.6 Å². The van der Waals surface area contributed by atoms with Crippen molar-refractivity contribution in [2.24, 2.45) is 0 Å². The second kappa shape index (κ2) is 5.00. The van der Waals surface area contributed by atoms with Crippen molar-refractivity contribution in [2.75, 3.05) is 10.3 Å². The van der Waals surface area contributed by atoms with Gasteiger partial charge in [-0.15, -0.1) is 0 Å². The fourth-order valence-corrected chi connectivity index (χ4v) is 1.96. The number of nitrogens with one attached hydrogen (secondary N) is 1. The first-order valence-corrected chi connectivity index (χ1v) is 6.07. The number of nitro groups is 1. The molecule has 1 aliphatic heterocycles. The van der Waals surface area contributed by atoms with Crippen molar-refractivity contribution < 1.29 is 10.0 Å². The molecular weight excluding hydrogens is 274 g/mol. The smallest absolute Gasteiger partial charge is 0.409 e. The molecular formula is C13H11N5O3. The molecule has 0 bridgehead atoms. The van der Waals surface area contributed by atoms with Crippen molar-refractivity contribution in [1.29, 1.82) is 0 Å². The first-order chi connectivity index (χ1) is 10.2. The van der Waals surface area contributed by atoms with E-state index in [1.807, 2.05) is 30.3 Å². The summed E-state index contributed by atoms with van der Waals surface area (Å²) >= 11 is 0. The van der Waals surface area contributed by atoms with Crippen LogP contribution in [-0.2, 0) is 0 Å². The Kier molecular flexibility index (Phi) is 3.03. The molecule has 1 aliphatic rings. The van der Waals surface area contributed by atoms with Crippen molar-refractivity contribution >= 4 is 17.7 Å². The number of aromatic nitrogens is 2. The van der Waals surface area contributed by atoms with Gasteiger partial charge >= 0.3 is 5.82 Å². The maximum absolute atomic E-state index is 11.0. The second-order valence-electron chi connectivity index (χ2n) is 4.25. The highest BCUT2D eigenvalue weighted by molar-refractivity contribution is 5.66. The number of aliphatic hydroxyl groups excluding tert-OH is 1. The fraction of sp³-hybridized carbons (Fsp3) is 0. The van der Waals surface area contributed by atoms with Crippen molar-refractivity contribution in [2.45, 2.75) is 0 Å². The molecule has 3 rings (SSSR count). The van der Waals surface area contributed by atoms with E-state index in [9.17, 15) is 15.2 Å². The van der Waals surface area contributed by atoms with Gasteiger partial charge in [-0.3, -0.25) is 10.3 Å². The van der Waals surface area contributed by atoms with Crippen LogP contribution in [0.25, 0.3) is 6.08 Å². The molecule has 0 fully saturated rings. The third-order valence-corrected chi connectivity index (χ3v) is 2.92. The minimum Gasteiger partial charge on any atom is -0.493 e. The Morgan fingerprint density at radius 2 is 2.10 bits per heavy atom. The maximum Gasteiger partial charge on any atom is 0.409 e. The molecule has 0 aliphatic carbocycles. The van der Waals surface area contributed by atoms with E-state index in [2.05, 4.69) is 10.4 Å². The highest BCUT2D eigenvalue weighted by Crippen LogP contribution is 2.30. The Bertz CT molecular complexity index is 736. The summed E-state index contributed by atoms with van der Waals surface area (Å²) in [6.07, 6.45) is 5.87. The molecule has 2 aromatic rings. The van der Waals surface area contributed by atoms with Crippen LogP contribution >= 0.6 is 0 Å². The van der Waals surface area contributed by atoms with Crippen LogP contribution in [0, 0.1) is 10.1 Å². The zero-order chi connectivity index (χ0) is 14.8. The van der Waals surface area contributed by atoms with Crippen molar-refractivity contribution in [3.8, 4) is 0 Å². The highest BCUT2D eigenvalue weighted by atomic mass is 16.6. The number of benzene rings is 1. The van der Waals surface area contributed by atoms with E-state index in [-0.39, 0.29) is 17.5 Å². The average Bonchev–Trinajstić information content (AvgIpc) is 2.91. The Morgan fingerprint density at radius 3 is 2.81 bits per heavy atom. The molecule has 21 heavy (non-hydrogen) atoms. The number of nitrogens with zero attached hydrogens (tertiary/aromatic N) is 4. The number of fused-ring (bicyclic) bond motifs is 1. The maximum atomic E-state index is 11.0. The first kappa shape index (κ1) is 12.7. The van der Waals surface area contributed by atoms with Gasteiger partial charge in [0.2, 0.25) is 18.0 Å². The summed E-state index contributed by atoms with van der Waals surface area (Å²) in [6.45, 7) is 0. The zero-order valence-electron chi connectivity index (χ0n) is 10.7. The molecule has 8 nitrogen and oxygen atoms in total. The number of hydrogen-bond donors (Lipinski definition) is 2. The minimum atomic E-state index is -0.602. The first-order valence-electron chi connectivity index (χ1n) is 6.07. The lowest BCUT2D eigenvalue weighted by molar-refractivity contribution is -0.388. The fourth-order valence-electron chi connectivity index (χ4n) is 1.96. The predicted molar refractivity (Wildman–Crippen MR) is 76.9 cm³/mol. The molecule has 0 saturated carbocycles. The quantitative estimate of drug-likeness (QED) is 0.662. The molecule has 0 amide bonds. The summed E-state index contributed by atoms with van der Waals surface area (Å²) in [6, 6.07) is 9.40. The van der Waals surface area contributed by atoms with Crippen LogP contribution in [0.3, 0.4) is 0 Å². The lowest BCUT2D eigenvalue weighted by Crippen LogP contribution is -2.28. The molecule has 0 spiro atoms. The van der Waals surface area contributed by atoms with E-state index in [4.69, 9.17) is 0 Å². The molecule has 106 valence electrons. The molecule has 2 heterocycles. The van der Waals surface area contributed by atoms with Gasteiger partial charge in [-0.25, -0.2) is 0 Å². The normalized spacial score (nSPS) is 13.7. The van der Waals surface area contributed by atoms with Crippen LogP contribution < -0.4 is 10.3 Å². The number of rotatable bonds is 3. The Morgan fingerprint density at radius 1 is 1.33 bits per heavy atom. The lowest BCUT2D eigenvalue weighted by atomic mass is 10.2. The molecule has 1 aromatic carbocycles. The number of imidazole rings is 1. The van der Waals surface area contributed by atoms with E-state index in [1.54, 1.807) is 12.3 Å². The largest absolute Gasteiger partial charge is 0.493 e. The van der Waals surface area contributed by atoms with E-state index >= 15 is 0 Å². The monoisotopic (exact) mass is 285 g/mol. The molecule has 0 radical (unpaired) electrons. The SMILES string of the molecule is O=[N+]([O-])c1ncn2c1N(/C=C/c1ccccc1)C(O)=CN2. The Hall–Kier alpha value is -3.29.